The van der Waals surface area contributed by atoms with Crippen molar-refractivity contribution in [2.24, 2.45) is 0 Å². The molecule has 2 unspecified atom stereocenters. The Hall–Kier alpha value is -2.33. The molecule has 0 aliphatic heterocycles. The average Bonchev–Trinajstić information content (AvgIpc) is 2.94. The first-order valence-corrected chi connectivity index (χ1v) is 15.5. The number of hydrogen-bond donors (Lipinski definition) is 2. The second kappa shape index (κ2) is 24.5. The van der Waals surface area contributed by atoms with E-state index in [0.717, 1.165) is 12.2 Å². The van der Waals surface area contributed by atoms with E-state index in [1.54, 1.807) is 0 Å². The van der Waals surface area contributed by atoms with Crippen molar-refractivity contribution in [3.8, 4) is 0 Å². The summed E-state index contributed by atoms with van der Waals surface area (Å²) in [5.74, 6) is -1.25. The first kappa shape index (κ1) is 37.7. The van der Waals surface area contributed by atoms with E-state index in [9.17, 15) is 19.5 Å². The molecule has 0 fully saturated rings. The van der Waals surface area contributed by atoms with Crippen molar-refractivity contribution >= 4 is 26.8 Å². The van der Waals surface area contributed by atoms with E-state index < -0.39 is 39.0 Å². The smallest absolute Gasteiger partial charge is 0.460 e. The van der Waals surface area contributed by atoms with Crippen LogP contribution in [0.2, 0.25) is 6.04 Å². The van der Waals surface area contributed by atoms with Crippen molar-refractivity contribution in [2.75, 3.05) is 66.0 Å². The standard InChI is InChI=1S/C26H47NO12Si/c1-6-24(29)34-19-22(28)18-32-15-11-12-16-33-20-23(21-35-25(30)7-2)39-26(31)27-14-13-17-40(36-8-3,37-9-4)38-10-5/h6-7,22-23,28H,1-2,8-21H2,3-5H3,(H,27,31). The molecule has 14 heteroatoms. The summed E-state index contributed by atoms with van der Waals surface area (Å²) in [5, 5.41) is 12.4. The van der Waals surface area contributed by atoms with E-state index >= 15 is 0 Å². The van der Waals surface area contributed by atoms with Crippen LogP contribution in [0.25, 0.3) is 0 Å². The number of aliphatic hydroxyl groups is 1. The van der Waals surface area contributed by atoms with Crippen molar-refractivity contribution in [2.45, 2.75) is 58.3 Å². The van der Waals surface area contributed by atoms with E-state index in [0.29, 0.717) is 64.9 Å². The van der Waals surface area contributed by atoms with Gasteiger partial charge < -0.3 is 47.4 Å². The highest BCUT2D eigenvalue weighted by Gasteiger charge is 2.39. The van der Waals surface area contributed by atoms with Crippen LogP contribution in [0.3, 0.4) is 0 Å². The molecule has 0 saturated carbocycles. The van der Waals surface area contributed by atoms with Gasteiger partial charge in [0.15, 0.2) is 6.10 Å². The molecule has 40 heavy (non-hydrogen) atoms. The SMILES string of the molecule is C=CC(=O)OCC(O)COCCCCOCC(COC(=O)C=C)OC(=O)NCCC[Si](OCC)(OCC)OCC. The van der Waals surface area contributed by atoms with Crippen LogP contribution in [0.4, 0.5) is 4.79 Å². The summed E-state index contributed by atoms with van der Waals surface area (Å²) >= 11 is 0. The van der Waals surface area contributed by atoms with E-state index in [4.69, 9.17) is 37.0 Å². The third-order valence-corrected chi connectivity index (χ3v) is 8.05. The molecular formula is C26H47NO12Si. The molecule has 13 nitrogen and oxygen atoms in total. The van der Waals surface area contributed by atoms with Gasteiger partial charge in [0.2, 0.25) is 0 Å². The normalized spacial score (nSPS) is 12.7. The van der Waals surface area contributed by atoms with Crippen molar-refractivity contribution in [3.05, 3.63) is 25.3 Å². The number of ether oxygens (including phenoxy) is 5. The Morgan fingerprint density at radius 2 is 1.32 bits per heavy atom. The lowest BCUT2D eigenvalue weighted by Gasteiger charge is -2.28. The molecule has 1 amide bonds. The molecule has 0 heterocycles. The summed E-state index contributed by atoms with van der Waals surface area (Å²) in [4.78, 5) is 34.7. The number of unbranched alkanes of at least 4 members (excludes halogenated alkanes) is 1. The summed E-state index contributed by atoms with van der Waals surface area (Å²) in [6.07, 6.45) is 1.46. The number of rotatable bonds is 26. The minimum atomic E-state index is -2.80. The third kappa shape index (κ3) is 19.7. The Morgan fingerprint density at radius 3 is 1.85 bits per heavy atom. The molecule has 0 aliphatic carbocycles. The molecule has 0 aliphatic rings. The highest BCUT2D eigenvalue weighted by Crippen LogP contribution is 2.17. The third-order valence-electron chi connectivity index (χ3n) is 4.90. The fraction of sp³-hybridized carbons (Fsp3) is 0.731. The monoisotopic (exact) mass is 593 g/mol. The van der Waals surface area contributed by atoms with Crippen LogP contribution in [0.15, 0.2) is 25.3 Å². The molecule has 0 radical (unpaired) electrons. The lowest BCUT2D eigenvalue weighted by atomic mass is 10.3. The lowest BCUT2D eigenvalue weighted by Crippen LogP contribution is -2.46. The number of carbonyl (C=O) groups is 3. The zero-order valence-corrected chi connectivity index (χ0v) is 25.1. The summed E-state index contributed by atoms with van der Waals surface area (Å²) in [7, 11) is -2.80. The Labute approximate surface area is 238 Å². The van der Waals surface area contributed by atoms with Gasteiger partial charge in [-0.25, -0.2) is 14.4 Å². The van der Waals surface area contributed by atoms with Crippen LogP contribution >= 0.6 is 0 Å². The number of amides is 1. The summed E-state index contributed by atoms with van der Waals surface area (Å²) in [5.41, 5.74) is 0. The number of carbonyl (C=O) groups excluding carboxylic acids is 3. The first-order chi connectivity index (χ1) is 19.2. The number of nitrogens with one attached hydrogen (secondary N) is 1. The summed E-state index contributed by atoms with van der Waals surface area (Å²) in [6.45, 7) is 14.4. The molecule has 2 atom stereocenters. The topological polar surface area (TPSA) is 157 Å². The molecule has 0 saturated heterocycles. The van der Waals surface area contributed by atoms with E-state index in [1.807, 2.05) is 20.8 Å². The average molecular weight is 594 g/mol. The maximum absolute atomic E-state index is 12.3. The molecule has 0 spiro atoms. The largest absolute Gasteiger partial charge is 0.500 e. The Balaban J connectivity index is 4.38. The van der Waals surface area contributed by atoms with Gasteiger partial charge in [-0.1, -0.05) is 13.2 Å². The second-order valence-corrected chi connectivity index (χ2v) is 11.0. The zero-order chi connectivity index (χ0) is 30.1. The minimum absolute atomic E-state index is 0.0150. The minimum Gasteiger partial charge on any atom is -0.460 e. The van der Waals surface area contributed by atoms with Crippen LogP contribution in [0.5, 0.6) is 0 Å². The Morgan fingerprint density at radius 1 is 0.800 bits per heavy atom. The maximum atomic E-state index is 12.3. The van der Waals surface area contributed by atoms with Crippen molar-refractivity contribution in [1.82, 2.24) is 5.32 Å². The van der Waals surface area contributed by atoms with E-state index in [-0.39, 0.29) is 26.4 Å². The summed E-state index contributed by atoms with van der Waals surface area (Å²) < 4.78 is 43.4. The highest BCUT2D eigenvalue weighted by molar-refractivity contribution is 6.60. The predicted molar refractivity (Wildman–Crippen MR) is 148 cm³/mol. The van der Waals surface area contributed by atoms with Crippen LogP contribution in [0, 0.1) is 0 Å². The first-order valence-electron chi connectivity index (χ1n) is 13.5. The fourth-order valence-electron chi connectivity index (χ4n) is 3.17. The molecular weight excluding hydrogens is 546 g/mol. The van der Waals surface area contributed by atoms with Crippen molar-refractivity contribution in [3.63, 3.8) is 0 Å². The van der Waals surface area contributed by atoms with Crippen LogP contribution in [-0.4, -0.2) is 110 Å². The van der Waals surface area contributed by atoms with Crippen molar-refractivity contribution < 1.29 is 56.5 Å². The Bertz CT molecular complexity index is 707. The van der Waals surface area contributed by atoms with Gasteiger partial charge in [0, 0.05) is 57.8 Å². The number of hydrogen-bond acceptors (Lipinski definition) is 12. The highest BCUT2D eigenvalue weighted by atomic mass is 28.4. The summed E-state index contributed by atoms with van der Waals surface area (Å²) in [6, 6.07) is 0.539. The maximum Gasteiger partial charge on any atom is 0.500 e. The molecule has 0 aromatic rings. The van der Waals surface area contributed by atoms with Gasteiger partial charge in [0.25, 0.3) is 0 Å². The van der Waals surface area contributed by atoms with Crippen LogP contribution < -0.4 is 5.32 Å². The zero-order valence-electron chi connectivity index (χ0n) is 24.1. The quantitative estimate of drug-likeness (QED) is 0.0496. The second-order valence-electron chi connectivity index (χ2n) is 8.22. The molecule has 0 aromatic heterocycles. The van der Waals surface area contributed by atoms with Crippen LogP contribution in [0.1, 0.15) is 40.0 Å². The predicted octanol–water partition coefficient (Wildman–Crippen LogP) is 2.15. The van der Waals surface area contributed by atoms with Gasteiger partial charge in [-0.05, 0) is 40.0 Å². The van der Waals surface area contributed by atoms with Gasteiger partial charge in [-0.3, -0.25) is 0 Å². The lowest BCUT2D eigenvalue weighted by molar-refractivity contribution is -0.142. The number of alkyl carbamates (subject to hydrolysis) is 1. The van der Waals surface area contributed by atoms with Crippen molar-refractivity contribution in [1.29, 1.82) is 0 Å². The van der Waals surface area contributed by atoms with Gasteiger partial charge >= 0.3 is 26.8 Å². The molecule has 232 valence electrons. The van der Waals surface area contributed by atoms with Gasteiger partial charge in [-0.2, -0.15) is 0 Å². The van der Waals surface area contributed by atoms with E-state index in [1.165, 1.54) is 0 Å². The van der Waals surface area contributed by atoms with Crippen LogP contribution in [-0.2, 0) is 46.6 Å². The number of aliphatic hydroxyl groups excluding tert-OH is 1. The van der Waals surface area contributed by atoms with E-state index in [2.05, 4.69) is 18.5 Å². The Kier molecular flexibility index (Phi) is 23.0. The van der Waals surface area contributed by atoms with Gasteiger partial charge in [0.05, 0.1) is 13.2 Å². The molecule has 0 bridgehead atoms. The fourth-order valence-corrected chi connectivity index (χ4v) is 5.78. The number of esters is 2. The molecule has 0 rings (SSSR count). The molecule has 0 aromatic carbocycles. The van der Waals surface area contributed by atoms with Gasteiger partial charge in [-0.15, -0.1) is 0 Å². The van der Waals surface area contributed by atoms with Gasteiger partial charge in [0.1, 0.15) is 19.3 Å². The molecule has 2 N–H and O–H groups in total.